The van der Waals surface area contributed by atoms with E-state index in [0.29, 0.717) is 19.9 Å². The first-order valence-electron chi connectivity index (χ1n) is 6.41. The van der Waals surface area contributed by atoms with E-state index in [1.165, 1.54) is 0 Å². The van der Waals surface area contributed by atoms with Gasteiger partial charge in [-0.2, -0.15) is 0 Å². The maximum atomic E-state index is 12.1. The summed E-state index contributed by atoms with van der Waals surface area (Å²) in [7, 11) is 0. The van der Waals surface area contributed by atoms with Crippen molar-refractivity contribution < 1.29 is 14.3 Å². The molecule has 2 fully saturated rings. The molecule has 1 aromatic carbocycles. The number of hydrogen-bond acceptors (Lipinski definition) is 3. The molecule has 0 bridgehead atoms. The fourth-order valence-corrected chi connectivity index (χ4v) is 2.48. The number of nitrogens with zero attached hydrogens (tertiary/aromatic N) is 1. The summed E-state index contributed by atoms with van der Waals surface area (Å²) in [6.45, 7) is 1.70. The van der Waals surface area contributed by atoms with E-state index >= 15 is 0 Å². The van der Waals surface area contributed by atoms with Gasteiger partial charge in [-0.3, -0.25) is 4.79 Å². The Morgan fingerprint density at radius 2 is 2.06 bits per heavy atom. The topological polar surface area (TPSA) is 38.8 Å². The first-order valence-corrected chi connectivity index (χ1v) is 6.41. The molecule has 0 aliphatic carbocycles. The standard InChI is InChI=1S/C14H17NO3/c16-14(12-7-4-8-17-12)15-9-13(18-10-15)11-5-2-1-3-6-11/h1-3,5-6,12-13H,4,7-10H2. The van der Waals surface area contributed by atoms with Crippen LogP contribution in [0, 0.1) is 0 Å². The minimum atomic E-state index is -0.247. The molecule has 0 radical (unpaired) electrons. The average molecular weight is 247 g/mol. The summed E-state index contributed by atoms with van der Waals surface area (Å²) in [6.07, 6.45) is 1.57. The van der Waals surface area contributed by atoms with Crippen molar-refractivity contribution >= 4 is 5.91 Å². The lowest BCUT2D eigenvalue weighted by Gasteiger charge is -2.18. The van der Waals surface area contributed by atoms with Crippen LogP contribution >= 0.6 is 0 Å². The second kappa shape index (κ2) is 5.08. The Balaban J connectivity index is 1.63. The maximum absolute atomic E-state index is 12.1. The second-order valence-corrected chi connectivity index (χ2v) is 4.76. The Kier molecular flexibility index (Phi) is 3.30. The molecule has 2 unspecified atom stereocenters. The van der Waals surface area contributed by atoms with Crippen molar-refractivity contribution in [2.45, 2.75) is 25.0 Å². The highest BCUT2D eigenvalue weighted by Gasteiger charge is 2.33. The molecule has 1 amide bonds. The molecular formula is C14H17NO3. The van der Waals surface area contributed by atoms with Crippen LogP contribution in [0.4, 0.5) is 0 Å². The third kappa shape index (κ3) is 2.26. The van der Waals surface area contributed by atoms with Crippen LogP contribution in [0.25, 0.3) is 0 Å². The van der Waals surface area contributed by atoms with Crippen molar-refractivity contribution in [2.75, 3.05) is 19.9 Å². The molecule has 1 aromatic rings. The number of carbonyl (C=O) groups excluding carboxylic acids is 1. The summed E-state index contributed by atoms with van der Waals surface area (Å²) in [5.41, 5.74) is 1.13. The Morgan fingerprint density at radius 1 is 1.22 bits per heavy atom. The Labute approximate surface area is 106 Å². The average Bonchev–Trinajstić information content (AvgIpc) is 3.10. The molecule has 2 heterocycles. The fourth-order valence-electron chi connectivity index (χ4n) is 2.48. The molecule has 0 aromatic heterocycles. The van der Waals surface area contributed by atoms with E-state index in [9.17, 15) is 4.79 Å². The lowest BCUT2D eigenvalue weighted by Crippen LogP contribution is -2.37. The summed E-state index contributed by atoms with van der Waals surface area (Å²) < 4.78 is 11.1. The molecule has 18 heavy (non-hydrogen) atoms. The van der Waals surface area contributed by atoms with Crippen LogP contribution in [0.2, 0.25) is 0 Å². The van der Waals surface area contributed by atoms with Crippen LogP contribution in [0.3, 0.4) is 0 Å². The highest BCUT2D eigenvalue weighted by molar-refractivity contribution is 5.81. The predicted octanol–water partition coefficient (Wildman–Crippen LogP) is 1.72. The van der Waals surface area contributed by atoms with Gasteiger partial charge >= 0.3 is 0 Å². The lowest BCUT2D eigenvalue weighted by molar-refractivity contribution is -0.141. The number of carbonyl (C=O) groups is 1. The molecule has 0 N–H and O–H groups in total. The van der Waals surface area contributed by atoms with Gasteiger partial charge in [0.1, 0.15) is 18.9 Å². The fraction of sp³-hybridized carbons (Fsp3) is 0.500. The van der Waals surface area contributed by atoms with Crippen LogP contribution in [0.5, 0.6) is 0 Å². The number of amides is 1. The minimum absolute atomic E-state index is 0.00319. The molecule has 0 spiro atoms. The molecule has 96 valence electrons. The highest BCUT2D eigenvalue weighted by atomic mass is 16.5. The summed E-state index contributed by atoms with van der Waals surface area (Å²) in [5.74, 6) is 0.0749. The van der Waals surface area contributed by atoms with Gasteiger partial charge in [-0.05, 0) is 18.4 Å². The van der Waals surface area contributed by atoms with E-state index in [1.54, 1.807) is 4.90 Å². The zero-order valence-electron chi connectivity index (χ0n) is 10.2. The molecule has 2 saturated heterocycles. The van der Waals surface area contributed by atoms with Gasteiger partial charge in [0.05, 0.1) is 6.54 Å². The first-order chi connectivity index (χ1) is 8.84. The van der Waals surface area contributed by atoms with Gasteiger partial charge in [-0.15, -0.1) is 0 Å². The first kappa shape index (κ1) is 11.7. The van der Waals surface area contributed by atoms with Crippen molar-refractivity contribution in [3.63, 3.8) is 0 Å². The van der Waals surface area contributed by atoms with Gasteiger partial charge in [-0.25, -0.2) is 0 Å². The molecular weight excluding hydrogens is 230 g/mol. The smallest absolute Gasteiger partial charge is 0.253 e. The maximum Gasteiger partial charge on any atom is 0.253 e. The van der Waals surface area contributed by atoms with Gasteiger partial charge < -0.3 is 14.4 Å². The number of ether oxygens (including phenoxy) is 2. The third-order valence-electron chi connectivity index (χ3n) is 3.51. The normalized spacial score (nSPS) is 27.7. The summed E-state index contributed by atoms with van der Waals surface area (Å²) >= 11 is 0. The molecule has 2 aliphatic heterocycles. The predicted molar refractivity (Wildman–Crippen MR) is 65.8 cm³/mol. The van der Waals surface area contributed by atoms with Crippen LogP contribution in [-0.2, 0) is 14.3 Å². The third-order valence-corrected chi connectivity index (χ3v) is 3.51. The van der Waals surface area contributed by atoms with Crippen LogP contribution in [0.1, 0.15) is 24.5 Å². The summed E-state index contributed by atoms with van der Waals surface area (Å²) in [6, 6.07) is 10.0. The van der Waals surface area contributed by atoms with Gasteiger partial charge in [0.25, 0.3) is 5.91 Å². The lowest BCUT2D eigenvalue weighted by atomic mass is 10.1. The summed E-state index contributed by atoms with van der Waals surface area (Å²) in [5, 5.41) is 0. The van der Waals surface area contributed by atoms with Gasteiger partial charge in [0.2, 0.25) is 0 Å². The van der Waals surface area contributed by atoms with Crippen molar-refractivity contribution in [2.24, 2.45) is 0 Å². The number of rotatable bonds is 2. The molecule has 0 saturated carbocycles. The number of hydrogen-bond donors (Lipinski definition) is 0. The SMILES string of the molecule is O=C(C1CCCO1)N1COC(c2ccccc2)C1. The largest absolute Gasteiger partial charge is 0.368 e. The van der Waals surface area contributed by atoms with Crippen LogP contribution in [-0.4, -0.2) is 36.8 Å². The zero-order chi connectivity index (χ0) is 12.4. The van der Waals surface area contributed by atoms with E-state index in [2.05, 4.69) is 0 Å². The van der Waals surface area contributed by atoms with Crippen molar-refractivity contribution in [3.05, 3.63) is 35.9 Å². The van der Waals surface area contributed by atoms with Crippen LogP contribution < -0.4 is 0 Å². The van der Waals surface area contributed by atoms with Crippen molar-refractivity contribution in [1.29, 1.82) is 0 Å². The zero-order valence-corrected chi connectivity index (χ0v) is 10.2. The van der Waals surface area contributed by atoms with Crippen LogP contribution in [0.15, 0.2) is 30.3 Å². The van der Waals surface area contributed by atoms with Crippen molar-refractivity contribution in [1.82, 2.24) is 4.90 Å². The van der Waals surface area contributed by atoms with E-state index in [1.807, 2.05) is 30.3 Å². The molecule has 4 heteroatoms. The van der Waals surface area contributed by atoms with E-state index in [4.69, 9.17) is 9.47 Å². The van der Waals surface area contributed by atoms with Gasteiger partial charge in [-0.1, -0.05) is 30.3 Å². The second-order valence-electron chi connectivity index (χ2n) is 4.76. The van der Waals surface area contributed by atoms with Gasteiger partial charge in [0.15, 0.2) is 0 Å². The Bertz CT molecular complexity index is 414. The number of benzene rings is 1. The van der Waals surface area contributed by atoms with Crippen molar-refractivity contribution in [3.8, 4) is 0 Å². The Morgan fingerprint density at radius 3 is 2.78 bits per heavy atom. The summed E-state index contributed by atoms with van der Waals surface area (Å²) in [4.78, 5) is 13.9. The molecule has 2 atom stereocenters. The highest BCUT2D eigenvalue weighted by Crippen LogP contribution is 2.26. The van der Waals surface area contributed by atoms with E-state index < -0.39 is 0 Å². The van der Waals surface area contributed by atoms with Gasteiger partial charge in [0, 0.05) is 6.61 Å². The molecule has 2 aliphatic rings. The molecule has 3 rings (SSSR count). The monoisotopic (exact) mass is 247 g/mol. The van der Waals surface area contributed by atoms with E-state index in [-0.39, 0.29) is 18.1 Å². The Hall–Kier alpha value is -1.39. The molecule has 4 nitrogen and oxygen atoms in total. The quantitative estimate of drug-likeness (QED) is 0.798. The minimum Gasteiger partial charge on any atom is -0.368 e. The van der Waals surface area contributed by atoms with E-state index in [0.717, 1.165) is 18.4 Å².